The number of anilines is 2. The zero-order valence-corrected chi connectivity index (χ0v) is 31.9. The molecule has 0 aliphatic carbocycles. The summed E-state index contributed by atoms with van der Waals surface area (Å²) < 4.78 is 92.4. The number of halogens is 6. The van der Waals surface area contributed by atoms with Gasteiger partial charge < -0.3 is 24.2 Å². The molecule has 5 heterocycles. The molecule has 0 spiro atoms. The minimum absolute atomic E-state index is 0.0346. The van der Waals surface area contributed by atoms with Crippen molar-refractivity contribution in [1.29, 1.82) is 5.26 Å². The van der Waals surface area contributed by atoms with Gasteiger partial charge in [0.2, 0.25) is 6.43 Å². The molecule has 1 amide bonds. The number of nitriles is 1. The van der Waals surface area contributed by atoms with Gasteiger partial charge in [-0.15, -0.1) is 11.3 Å². The number of thiophene rings is 1. The molecular formula is C37H38ClF5N6O5S. The van der Waals surface area contributed by atoms with Gasteiger partial charge >= 0.3 is 12.1 Å². The lowest BCUT2D eigenvalue weighted by molar-refractivity contribution is 0.0636. The summed E-state index contributed by atoms with van der Waals surface area (Å²) in [5.74, 6) is -2.04. The van der Waals surface area contributed by atoms with Gasteiger partial charge in [0.05, 0.1) is 38.4 Å². The van der Waals surface area contributed by atoms with Gasteiger partial charge in [-0.1, -0.05) is 17.7 Å². The zero-order chi connectivity index (χ0) is 39.6. The number of aliphatic hydroxyl groups excluding tert-OH is 1. The van der Waals surface area contributed by atoms with E-state index in [2.05, 4.69) is 15.3 Å². The minimum Gasteiger partial charge on any atom is -0.489 e. The maximum absolute atomic E-state index is 17.4. The normalized spacial score (nSPS) is 21.8. The number of fused-ring (bicyclic) bond motifs is 2. The standard InChI is InChI=1S/C37H38ClF5N6O5S/c1-17(50)22-15-52-30-26-29(45-34(46-32(26)49(22)11-8-23(41)42)53-16-37-9-5-10-48(37)14-18(39)12-37)28(43)25(27(30)38)19-6-7-21(40)31-24(19)20(13-44)33(55-31)47-35(51)54-36(2,3)4/h6-7,17-18,22-23,50H,5,8-12,14-16H2,1-4H3,(H,47,51)/t17?,18-,22-,37+/m1/s1. The first-order valence-corrected chi connectivity index (χ1v) is 19.0. The van der Waals surface area contributed by atoms with Gasteiger partial charge in [-0.25, -0.2) is 26.7 Å². The van der Waals surface area contributed by atoms with E-state index in [-0.39, 0.29) is 92.5 Å². The molecule has 2 N–H and O–H groups in total. The van der Waals surface area contributed by atoms with Crippen LogP contribution in [0.4, 0.5) is 37.6 Å². The van der Waals surface area contributed by atoms with Crippen molar-refractivity contribution >= 4 is 60.8 Å². The van der Waals surface area contributed by atoms with Crippen LogP contribution in [0.2, 0.25) is 5.02 Å². The van der Waals surface area contributed by atoms with Crippen molar-refractivity contribution < 1.29 is 46.1 Å². The van der Waals surface area contributed by atoms with Gasteiger partial charge in [0, 0.05) is 36.9 Å². The van der Waals surface area contributed by atoms with Crippen LogP contribution in [0.25, 0.3) is 32.1 Å². The topological polar surface area (TPSA) is 133 Å². The maximum atomic E-state index is 17.4. The highest BCUT2D eigenvalue weighted by molar-refractivity contribution is 7.23. The molecule has 0 radical (unpaired) electrons. The third kappa shape index (κ3) is 7.18. The van der Waals surface area contributed by atoms with E-state index in [1.165, 1.54) is 17.9 Å². The Morgan fingerprint density at radius 1 is 1.27 bits per heavy atom. The quantitative estimate of drug-likeness (QED) is 0.160. The predicted octanol–water partition coefficient (Wildman–Crippen LogP) is 8.22. The fourth-order valence-corrected chi connectivity index (χ4v) is 9.22. The Bertz CT molecular complexity index is 2210. The first kappa shape index (κ1) is 39.0. The molecular weight excluding hydrogens is 771 g/mol. The van der Waals surface area contributed by atoms with Crippen molar-refractivity contribution in [3.63, 3.8) is 0 Å². The van der Waals surface area contributed by atoms with E-state index in [1.807, 2.05) is 11.0 Å². The largest absolute Gasteiger partial charge is 0.489 e. The Morgan fingerprint density at radius 3 is 2.73 bits per heavy atom. The third-order valence-electron chi connectivity index (χ3n) is 10.2. The molecule has 2 aromatic carbocycles. The summed E-state index contributed by atoms with van der Waals surface area (Å²) in [7, 11) is 0. The van der Waals surface area contributed by atoms with E-state index in [4.69, 9.17) is 25.8 Å². The first-order valence-electron chi connectivity index (χ1n) is 17.8. The molecule has 2 aromatic heterocycles. The number of rotatable bonds is 9. The van der Waals surface area contributed by atoms with E-state index in [0.29, 0.717) is 13.0 Å². The molecule has 2 fully saturated rings. The van der Waals surface area contributed by atoms with Crippen LogP contribution in [0.1, 0.15) is 58.9 Å². The van der Waals surface area contributed by atoms with Crippen LogP contribution in [0, 0.1) is 23.0 Å². The summed E-state index contributed by atoms with van der Waals surface area (Å²) in [4.78, 5) is 25.1. The second-order valence-electron chi connectivity index (χ2n) is 15.1. The molecule has 2 saturated heterocycles. The molecule has 55 heavy (non-hydrogen) atoms. The summed E-state index contributed by atoms with van der Waals surface area (Å²) >= 11 is 7.75. The Morgan fingerprint density at radius 2 is 2.04 bits per heavy atom. The molecule has 0 saturated carbocycles. The van der Waals surface area contributed by atoms with Gasteiger partial charge in [-0.3, -0.25) is 10.2 Å². The number of nitrogens with one attached hydrogen (secondary N) is 1. The van der Waals surface area contributed by atoms with E-state index >= 15 is 8.78 Å². The van der Waals surface area contributed by atoms with Gasteiger partial charge in [0.15, 0.2) is 11.6 Å². The van der Waals surface area contributed by atoms with Crippen LogP contribution in [-0.2, 0) is 4.74 Å². The van der Waals surface area contributed by atoms with Crippen molar-refractivity contribution in [2.24, 2.45) is 0 Å². The smallest absolute Gasteiger partial charge is 0.412 e. The highest BCUT2D eigenvalue weighted by atomic mass is 35.5. The lowest BCUT2D eigenvalue weighted by atomic mass is 9.95. The lowest BCUT2D eigenvalue weighted by Crippen LogP contribution is -2.47. The minimum atomic E-state index is -2.73. The summed E-state index contributed by atoms with van der Waals surface area (Å²) in [5.41, 5.74) is -2.49. The maximum Gasteiger partial charge on any atom is 0.412 e. The highest BCUT2D eigenvalue weighted by Crippen LogP contribution is 2.52. The van der Waals surface area contributed by atoms with E-state index < -0.39 is 65.5 Å². The molecule has 7 rings (SSSR count). The number of aliphatic hydroxyl groups is 1. The van der Waals surface area contributed by atoms with Crippen LogP contribution in [-0.4, -0.2) is 94.8 Å². The van der Waals surface area contributed by atoms with E-state index in [9.17, 15) is 28.3 Å². The van der Waals surface area contributed by atoms with Crippen molar-refractivity contribution in [1.82, 2.24) is 14.9 Å². The Hall–Kier alpha value is -4.24. The number of hydrogen-bond acceptors (Lipinski definition) is 11. The summed E-state index contributed by atoms with van der Waals surface area (Å²) in [6, 6.07) is 2.98. The average Bonchev–Trinajstić information content (AvgIpc) is 3.72. The fourth-order valence-electron chi connectivity index (χ4n) is 7.82. The number of nitrogens with zero attached hydrogens (tertiary/aromatic N) is 5. The fraction of sp³-hybridized carbons (Fsp3) is 0.514. The average molecular weight is 809 g/mol. The molecule has 4 atom stereocenters. The Labute approximate surface area is 321 Å². The van der Waals surface area contributed by atoms with Crippen LogP contribution in [0.15, 0.2) is 12.1 Å². The highest BCUT2D eigenvalue weighted by Gasteiger charge is 2.49. The van der Waals surface area contributed by atoms with Gasteiger partial charge in [-0.2, -0.15) is 15.2 Å². The van der Waals surface area contributed by atoms with Crippen LogP contribution >= 0.6 is 22.9 Å². The van der Waals surface area contributed by atoms with Gasteiger partial charge in [0.1, 0.15) is 53.2 Å². The molecule has 3 aliphatic rings. The molecule has 4 aromatic rings. The number of carbonyl (C=O) groups is 1. The third-order valence-corrected chi connectivity index (χ3v) is 11.7. The van der Waals surface area contributed by atoms with E-state index in [1.54, 1.807) is 20.8 Å². The molecule has 0 bridgehead atoms. The Kier molecular flexibility index (Phi) is 10.4. The molecule has 1 unspecified atom stereocenters. The molecule has 18 heteroatoms. The first-order chi connectivity index (χ1) is 26.0. The number of alkyl halides is 3. The van der Waals surface area contributed by atoms with Crippen LogP contribution in [0.5, 0.6) is 11.8 Å². The summed E-state index contributed by atoms with van der Waals surface area (Å²) in [6.07, 6.45) is -4.79. The second kappa shape index (κ2) is 14.7. The summed E-state index contributed by atoms with van der Waals surface area (Å²) in [5, 5.41) is 23.1. The van der Waals surface area contributed by atoms with E-state index in [0.717, 1.165) is 23.8 Å². The predicted molar refractivity (Wildman–Crippen MR) is 197 cm³/mol. The number of benzene rings is 2. The lowest BCUT2D eigenvalue weighted by Gasteiger charge is -2.33. The number of hydrogen-bond donors (Lipinski definition) is 2. The van der Waals surface area contributed by atoms with Crippen molar-refractivity contribution in [2.75, 3.05) is 43.1 Å². The van der Waals surface area contributed by atoms with Crippen molar-refractivity contribution in [2.45, 2.75) is 89.3 Å². The molecule has 3 aliphatic heterocycles. The van der Waals surface area contributed by atoms with Crippen molar-refractivity contribution in [3.8, 4) is 29.0 Å². The van der Waals surface area contributed by atoms with Crippen molar-refractivity contribution in [3.05, 3.63) is 34.4 Å². The number of aromatic nitrogens is 2. The van der Waals surface area contributed by atoms with Gasteiger partial charge in [-0.05, 0) is 58.7 Å². The second-order valence-corrected chi connectivity index (χ2v) is 16.5. The van der Waals surface area contributed by atoms with Crippen LogP contribution < -0.4 is 19.7 Å². The number of ether oxygens (including phenoxy) is 3. The monoisotopic (exact) mass is 808 g/mol. The summed E-state index contributed by atoms with van der Waals surface area (Å²) in [6.45, 7) is 6.65. The SMILES string of the molecule is CC(O)[C@H]1COc2c(Cl)c(-c3ccc(F)c4sc(NC(=O)OC(C)(C)C)c(C#N)c34)c(F)c3nc(OC[C@@]45CCCN4C[C@H](F)C5)nc(c23)N1CCC(F)F. The Balaban J connectivity index is 1.44. The number of carbonyl (C=O) groups excluding carboxylic acids is 1. The molecule has 294 valence electrons. The number of amides is 1. The van der Waals surface area contributed by atoms with Crippen LogP contribution in [0.3, 0.4) is 0 Å². The zero-order valence-electron chi connectivity index (χ0n) is 30.3. The van der Waals surface area contributed by atoms with Gasteiger partial charge in [0.25, 0.3) is 0 Å². The molecule has 11 nitrogen and oxygen atoms in total.